The lowest BCUT2D eigenvalue weighted by Gasteiger charge is -2.20. The SMILES string of the molecule is Fc1cccc(-c2ccc(COC(Cn3ccnc3)c3ccc(Cl)cc3Cl)cc2)c1. The molecule has 0 saturated heterocycles. The quantitative estimate of drug-likeness (QED) is 0.310. The van der Waals surface area contributed by atoms with Crippen molar-refractivity contribution in [2.75, 3.05) is 0 Å². The first-order valence-corrected chi connectivity index (χ1v) is 10.2. The number of imidazole rings is 1. The van der Waals surface area contributed by atoms with Crippen LogP contribution in [0.2, 0.25) is 10.0 Å². The molecule has 1 unspecified atom stereocenters. The van der Waals surface area contributed by atoms with Gasteiger partial charge in [0.2, 0.25) is 0 Å². The van der Waals surface area contributed by atoms with Crippen molar-refractivity contribution in [1.82, 2.24) is 9.55 Å². The van der Waals surface area contributed by atoms with Gasteiger partial charge in [0.25, 0.3) is 0 Å². The summed E-state index contributed by atoms with van der Waals surface area (Å²) in [6, 6.07) is 19.9. The smallest absolute Gasteiger partial charge is 0.123 e. The van der Waals surface area contributed by atoms with Crippen molar-refractivity contribution >= 4 is 23.2 Å². The summed E-state index contributed by atoms with van der Waals surface area (Å²) in [4.78, 5) is 4.10. The fourth-order valence-electron chi connectivity index (χ4n) is 3.25. The van der Waals surface area contributed by atoms with Gasteiger partial charge in [0.15, 0.2) is 0 Å². The largest absolute Gasteiger partial charge is 0.367 e. The molecular formula is C24H19Cl2FN2O. The molecule has 0 aliphatic heterocycles. The van der Waals surface area contributed by atoms with Crippen LogP contribution in [0, 0.1) is 5.82 Å². The van der Waals surface area contributed by atoms with Gasteiger partial charge < -0.3 is 9.30 Å². The molecule has 6 heteroatoms. The molecule has 30 heavy (non-hydrogen) atoms. The van der Waals surface area contributed by atoms with Crippen molar-refractivity contribution in [3.63, 3.8) is 0 Å². The number of hydrogen-bond donors (Lipinski definition) is 0. The lowest BCUT2D eigenvalue weighted by Crippen LogP contribution is -2.12. The van der Waals surface area contributed by atoms with E-state index in [4.69, 9.17) is 27.9 Å². The second kappa shape index (κ2) is 9.43. The lowest BCUT2D eigenvalue weighted by molar-refractivity contribution is 0.0280. The van der Waals surface area contributed by atoms with E-state index in [1.165, 1.54) is 12.1 Å². The van der Waals surface area contributed by atoms with Crippen LogP contribution in [-0.2, 0) is 17.9 Å². The average Bonchev–Trinajstić information content (AvgIpc) is 3.25. The molecule has 4 aromatic rings. The number of rotatable bonds is 7. The van der Waals surface area contributed by atoms with Crippen molar-refractivity contribution in [2.24, 2.45) is 0 Å². The van der Waals surface area contributed by atoms with Crippen molar-refractivity contribution in [3.8, 4) is 11.1 Å². The molecule has 0 radical (unpaired) electrons. The summed E-state index contributed by atoms with van der Waals surface area (Å²) < 4.78 is 21.7. The monoisotopic (exact) mass is 440 g/mol. The van der Waals surface area contributed by atoms with Crippen LogP contribution >= 0.6 is 23.2 Å². The maximum atomic E-state index is 13.5. The predicted octanol–water partition coefficient (Wildman–Crippen LogP) is 6.95. The minimum atomic E-state index is -0.271. The van der Waals surface area contributed by atoms with Gasteiger partial charge in [-0.1, -0.05) is 65.7 Å². The Hall–Kier alpha value is -2.66. The molecule has 1 heterocycles. The average molecular weight is 441 g/mol. The highest BCUT2D eigenvalue weighted by Gasteiger charge is 2.17. The van der Waals surface area contributed by atoms with Gasteiger partial charge >= 0.3 is 0 Å². The number of halogens is 3. The molecule has 0 spiro atoms. The number of hydrogen-bond acceptors (Lipinski definition) is 2. The van der Waals surface area contributed by atoms with E-state index < -0.39 is 0 Å². The van der Waals surface area contributed by atoms with E-state index in [1.807, 2.05) is 47.2 Å². The van der Waals surface area contributed by atoms with E-state index in [-0.39, 0.29) is 11.9 Å². The van der Waals surface area contributed by atoms with E-state index in [0.717, 1.165) is 22.3 Å². The maximum absolute atomic E-state index is 13.5. The summed E-state index contributed by atoms with van der Waals surface area (Å²) in [6.45, 7) is 0.977. The summed E-state index contributed by atoms with van der Waals surface area (Å²) in [5, 5.41) is 1.15. The standard InChI is InChI=1S/C24H19Cl2FN2O/c25-20-8-9-22(23(26)13-20)24(14-29-11-10-28-16-29)30-15-17-4-6-18(7-5-17)19-2-1-3-21(27)12-19/h1-13,16,24H,14-15H2. The zero-order chi connectivity index (χ0) is 20.9. The maximum Gasteiger partial charge on any atom is 0.123 e. The fraction of sp³-hybridized carbons (Fsp3) is 0.125. The molecule has 152 valence electrons. The normalized spacial score (nSPS) is 12.1. The molecule has 0 amide bonds. The highest BCUT2D eigenvalue weighted by molar-refractivity contribution is 6.35. The van der Waals surface area contributed by atoms with Crippen molar-refractivity contribution in [3.05, 3.63) is 112 Å². The lowest BCUT2D eigenvalue weighted by atomic mass is 10.0. The molecule has 0 bridgehead atoms. The number of nitrogens with zero attached hydrogens (tertiary/aromatic N) is 2. The fourth-order valence-corrected chi connectivity index (χ4v) is 3.78. The summed E-state index contributed by atoms with van der Waals surface area (Å²) >= 11 is 12.5. The third-order valence-corrected chi connectivity index (χ3v) is 5.37. The van der Waals surface area contributed by atoms with E-state index in [0.29, 0.717) is 23.2 Å². The van der Waals surface area contributed by atoms with Crippen molar-refractivity contribution in [1.29, 1.82) is 0 Å². The van der Waals surface area contributed by atoms with Gasteiger partial charge in [-0.05, 0) is 41.0 Å². The summed E-state index contributed by atoms with van der Waals surface area (Å²) in [7, 11) is 0. The molecule has 3 aromatic carbocycles. The van der Waals surface area contributed by atoms with Gasteiger partial charge in [-0.2, -0.15) is 0 Å². The molecule has 0 saturated carbocycles. The number of ether oxygens (including phenoxy) is 1. The van der Waals surface area contributed by atoms with E-state index in [2.05, 4.69) is 4.98 Å². The minimum absolute atomic E-state index is 0.248. The zero-order valence-corrected chi connectivity index (χ0v) is 17.5. The Morgan fingerprint density at radius 2 is 1.80 bits per heavy atom. The second-order valence-corrected chi connectivity index (χ2v) is 7.78. The predicted molar refractivity (Wildman–Crippen MR) is 118 cm³/mol. The Balaban J connectivity index is 1.50. The number of aromatic nitrogens is 2. The van der Waals surface area contributed by atoms with Crippen LogP contribution < -0.4 is 0 Å². The van der Waals surface area contributed by atoms with Crippen LogP contribution in [0.4, 0.5) is 4.39 Å². The van der Waals surface area contributed by atoms with Crippen LogP contribution in [0.3, 0.4) is 0 Å². The van der Waals surface area contributed by atoms with Gasteiger partial charge in [-0.3, -0.25) is 0 Å². The van der Waals surface area contributed by atoms with Crippen LogP contribution in [-0.4, -0.2) is 9.55 Å². The van der Waals surface area contributed by atoms with Crippen molar-refractivity contribution in [2.45, 2.75) is 19.3 Å². The Labute approximate surface area is 184 Å². The highest BCUT2D eigenvalue weighted by atomic mass is 35.5. The van der Waals surface area contributed by atoms with Crippen LogP contribution in [0.5, 0.6) is 0 Å². The summed E-state index contributed by atoms with van der Waals surface area (Å²) in [5.74, 6) is -0.248. The topological polar surface area (TPSA) is 27.1 Å². The van der Waals surface area contributed by atoms with E-state index in [1.54, 1.807) is 30.7 Å². The molecule has 4 rings (SSSR count). The van der Waals surface area contributed by atoms with Gasteiger partial charge in [-0.15, -0.1) is 0 Å². The van der Waals surface area contributed by atoms with Gasteiger partial charge in [-0.25, -0.2) is 9.37 Å². The van der Waals surface area contributed by atoms with Gasteiger partial charge in [0.05, 0.1) is 19.5 Å². The third kappa shape index (κ3) is 5.08. The molecule has 0 N–H and O–H groups in total. The Morgan fingerprint density at radius 1 is 0.967 bits per heavy atom. The van der Waals surface area contributed by atoms with Crippen molar-refractivity contribution < 1.29 is 9.13 Å². The first-order chi connectivity index (χ1) is 14.6. The zero-order valence-electron chi connectivity index (χ0n) is 16.0. The van der Waals surface area contributed by atoms with E-state index >= 15 is 0 Å². The van der Waals surface area contributed by atoms with Crippen LogP contribution in [0.25, 0.3) is 11.1 Å². The van der Waals surface area contributed by atoms with E-state index in [9.17, 15) is 4.39 Å². The molecule has 0 fully saturated rings. The molecule has 0 aliphatic rings. The molecular weight excluding hydrogens is 422 g/mol. The Bertz CT molecular complexity index is 1110. The first kappa shape index (κ1) is 20.6. The summed E-state index contributed by atoms with van der Waals surface area (Å²) in [5.41, 5.74) is 3.67. The Kier molecular flexibility index (Phi) is 6.48. The molecule has 3 nitrogen and oxygen atoms in total. The Morgan fingerprint density at radius 3 is 2.50 bits per heavy atom. The second-order valence-electron chi connectivity index (χ2n) is 6.93. The van der Waals surface area contributed by atoms with Crippen LogP contribution in [0.1, 0.15) is 17.2 Å². The molecule has 1 aromatic heterocycles. The highest BCUT2D eigenvalue weighted by Crippen LogP contribution is 2.30. The summed E-state index contributed by atoms with van der Waals surface area (Å²) in [6.07, 6.45) is 5.08. The number of benzene rings is 3. The third-order valence-electron chi connectivity index (χ3n) is 4.81. The van der Waals surface area contributed by atoms with Gasteiger partial charge in [0, 0.05) is 28.0 Å². The van der Waals surface area contributed by atoms with Gasteiger partial charge in [0.1, 0.15) is 11.9 Å². The van der Waals surface area contributed by atoms with Crippen LogP contribution in [0.15, 0.2) is 85.5 Å². The first-order valence-electron chi connectivity index (χ1n) is 9.45. The molecule has 0 aliphatic carbocycles. The minimum Gasteiger partial charge on any atom is -0.367 e. The molecule has 1 atom stereocenters.